The average Bonchev–Trinajstić information content (AvgIpc) is 2.38. The van der Waals surface area contributed by atoms with E-state index in [9.17, 15) is 4.79 Å². The predicted molar refractivity (Wildman–Crippen MR) is 69.9 cm³/mol. The second-order valence-electron chi connectivity index (χ2n) is 3.56. The Morgan fingerprint density at radius 3 is 2.29 bits per heavy atom. The summed E-state index contributed by atoms with van der Waals surface area (Å²) in [5, 5.41) is 0. The minimum absolute atomic E-state index is 0.568. The SMILES string of the molecule is Nc1ccccc1C=Nc1ccccc1C=O. The molecule has 0 saturated carbocycles. The second kappa shape index (κ2) is 5.07. The molecule has 0 aliphatic carbocycles. The lowest BCUT2D eigenvalue weighted by Gasteiger charge is -1.99. The summed E-state index contributed by atoms with van der Waals surface area (Å²) in [7, 11) is 0. The molecule has 0 radical (unpaired) electrons. The molecule has 84 valence electrons. The van der Waals surface area contributed by atoms with Crippen LogP contribution in [0.15, 0.2) is 53.5 Å². The van der Waals surface area contributed by atoms with Crippen molar-refractivity contribution in [2.45, 2.75) is 0 Å². The summed E-state index contributed by atoms with van der Waals surface area (Å²) in [5.41, 5.74) is 8.51. The van der Waals surface area contributed by atoms with Crippen LogP contribution in [-0.2, 0) is 0 Å². The number of nitrogens with two attached hydrogens (primary N) is 1. The van der Waals surface area contributed by atoms with E-state index in [0.717, 1.165) is 11.8 Å². The molecule has 0 unspecified atom stereocenters. The third-order valence-electron chi connectivity index (χ3n) is 2.40. The number of rotatable bonds is 3. The molecule has 2 aromatic rings. The highest BCUT2D eigenvalue weighted by Crippen LogP contribution is 2.17. The van der Waals surface area contributed by atoms with Crippen LogP contribution >= 0.6 is 0 Å². The van der Waals surface area contributed by atoms with Crippen molar-refractivity contribution in [2.24, 2.45) is 4.99 Å². The lowest BCUT2D eigenvalue weighted by Crippen LogP contribution is -1.91. The predicted octanol–water partition coefficient (Wildman–Crippen LogP) is 2.83. The van der Waals surface area contributed by atoms with Crippen molar-refractivity contribution in [3.63, 3.8) is 0 Å². The van der Waals surface area contributed by atoms with Gasteiger partial charge in [0.05, 0.1) is 5.69 Å². The molecule has 0 fully saturated rings. The van der Waals surface area contributed by atoms with Crippen molar-refractivity contribution in [2.75, 3.05) is 5.73 Å². The van der Waals surface area contributed by atoms with Crippen LogP contribution in [0.1, 0.15) is 15.9 Å². The molecule has 0 aromatic heterocycles. The van der Waals surface area contributed by atoms with Crippen LogP contribution in [0, 0.1) is 0 Å². The molecule has 17 heavy (non-hydrogen) atoms. The highest BCUT2D eigenvalue weighted by Gasteiger charge is 1.98. The van der Waals surface area contributed by atoms with Crippen LogP contribution in [0.25, 0.3) is 0 Å². The molecule has 0 aliphatic heterocycles. The van der Waals surface area contributed by atoms with Gasteiger partial charge in [-0.2, -0.15) is 0 Å². The normalized spacial score (nSPS) is 10.6. The zero-order valence-corrected chi connectivity index (χ0v) is 9.21. The van der Waals surface area contributed by atoms with E-state index in [4.69, 9.17) is 5.73 Å². The molecule has 3 heteroatoms. The number of benzene rings is 2. The summed E-state index contributed by atoms with van der Waals surface area (Å²) in [5.74, 6) is 0. The maximum atomic E-state index is 10.8. The average molecular weight is 224 g/mol. The van der Waals surface area contributed by atoms with E-state index in [0.29, 0.717) is 16.9 Å². The molecule has 3 nitrogen and oxygen atoms in total. The fourth-order valence-electron chi connectivity index (χ4n) is 1.47. The second-order valence-corrected chi connectivity index (χ2v) is 3.56. The van der Waals surface area contributed by atoms with Crippen molar-refractivity contribution < 1.29 is 4.79 Å². The Bertz CT molecular complexity index is 562. The van der Waals surface area contributed by atoms with E-state index >= 15 is 0 Å². The molecule has 2 N–H and O–H groups in total. The Balaban J connectivity index is 2.32. The van der Waals surface area contributed by atoms with Gasteiger partial charge in [-0.05, 0) is 18.2 Å². The summed E-state index contributed by atoms with van der Waals surface area (Å²) >= 11 is 0. The molecule has 0 amide bonds. The summed E-state index contributed by atoms with van der Waals surface area (Å²) in [4.78, 5) is 15.1. The van der Waals surface area contributed by atoms with Gasteiger partial charge >= 0.3 is 0 Å². The molecule has 2 rings (SSSR count). The first kappa shape index (κ1) is 11.1. The van der Waals surface area contributed by atoms with Gasteiger partial charge in [0.2, 0.25) is 0 Å². The van der Waals surface area contributed by atoms with Gasteiger partial charge < -0.3 is 5.73 Å². The lowest BCUT2D eigenvalue weighted by molar-refractivity contribution is 0.112. The lowest BCUT2D eigenvalue weighted by atomic mass is 10.2. The fourth-order valence-corrected chi connectivity index (χ4v) is 1.47. The summed E-state index contributed by atoms with van der Waals surface area (Å²) < 4.78 is 0. The van der Waals surface area contributed by atoms with Gasteiger partial charge in [-0.1, -0.05) is 30.3 Å². The molecular formula is C14H12N2O. The largest absolute Gasteiger partial charge is 0.398 e. The molecule has 0 heterocycles. The standard InChI is InChI=1S/C14H12N2O/c15-13-7-3-1-5-11(13)9-16-14-8-4-2-6-12(14)10-17/h1-10H,15H2. The first-order chi connectivity index (χ1) is 8.31. The molecule has 0 aliphatic rings. The Labute approximate surface area is 99.6 Å². The zero-order valence-electron chi connectivity index (χ0n) is 9.21. The van der Waals surface area contributed by atoms with Crippen molar-refractivity contribution in [1.82, 2.24) is 0 Å². The Morgan fingerprint density at radius 2 is 1.59 bits per heavy atom. The summed E-state index contributed by atoms with van der Waals surface area (Å²) in [6, 6.07) is 14.6. The smallest absolute Gasteiger partial charge is 0.152 e. The molecular weight excluding hydrogens is 212 g/mol. The number of aliphatic imine (C=N–C) groups is 1. The van der Waals surface area contributed by atoms with Crippen LogP contribution in [0.3, 0.4) is 0 Å². The minimum atomic E-state index is 0.568. The van der Waals surface area contributed by atoms with Gasteiger partial charge in [0.15, 0.2) is 6.29 Å². The summed E-state index contributed by atoms with van der Waals surface area (Å²) in [6.45, 7) is 0. The molecule has 0 saturated heterocycles. The zero-order chi connectivity index (χ0) is 12.1. The van der Waals surface area contributed by atoms with E-state index in [1.807, 2.05) is 30.3 Å². The number of hydrogen-bond donors (Lipinski definition) is 1. The fraction of sp³-hybridized carbons (Fsp3) is 0. The van der Waals surface area contributed by atoms with Crippen molar-refractivity contribution in [3.8, 4) is 0 Å². The topological polar surface area (TPSA) is 55.4 Å². The quantitative estimate of drug-likeness (QED) is 0.495. The van der Waals surface area contributed by atoms with Crippen LogP contribution < -0.4 is 5.73 Å². The number of nitrogen functional groups attached to an aromatic ring is 1. The van der Waals surface area contributed by atoms with E-state index in [1.54, 1.807) is 24.4 Å². The van der Waals surface area contributed by atoms with Gasteiger partial charge in [-0.25, -0.2) is 0 Å². The number of hydrogen-bond acceptors (Lipinski definition) is 3. The van der Waals surface area contributed by atoms with Crippen LogP contribution in [0.4, 0.5) is 11.4 Å². The van der Waals surface area contributed by atoms with E-state index < -0.39 is 0 Å². The number of anilines is 1. The molecule has 0 spiro atoms. The summed E-state index contributed by atoms with van der Waals surface area (Å²) in [6.07, 6.45) is 2.46. The Hall–Kier alpha value is -2.42. The number of nitrogens with zero attached hydrogens (tertiary/aromatic N) is 1. The van der Waals surface area contributed by atoms with E-state index in [2.05, 4.69) is 4.99 Å². The van der Waals surface area contributed by atoms with Crippen molar-refractivity contribution in [3.05, 3.63) is 59.7 Å². The number of para-hydroxylation sites is 2. The Kier molecular flexibility index (Phi) is 3.31. The van der Waals surface area contributed by atoms with Gasteiger partial charge in [0.25, 0.3) is 0 Å². The highest BCUT2D eigenvalue weighted by molar-refractivity contribution is 5.91. The highest BCUT2D eigenvalue weighted by atomic mass is 16.1. The van der Waals surface area contributed by atoms with Crippen LogP contribution in [0.2, 0.25) is 0 Å². The monoisotopic (exact) mass is 224 g/mol. The van der Waals surface area contributed by atoms with Gasteiger partial charge in [-0.15, -0.1) is 0 Å². The first-order valence-electron chi connectivity index (χ1n) is 5.24. The maximum absolute atomic E-state index is 10.8. The minimum Gasteiger partial charge on any atom is -0.398 e. The molecule has 2 aromatic carbocycles. The van der Waals surface area contributed by atoms with Gasteiger partial charge in [-0.3, -0.25) is 9.79 Å². The van der Waals surface area contributed by atoms with Gasteiger partial charge in [0, 0.05) is 23.0 Å². The van der Waals surface area contributed by atoms with Crippen molar-refractivity contribution >= 4 is 23.9 Å². The van der Waals surface area contributed by atoms with Gasteiger partial charge in [0.1, 0.15) is 0 Å². The van der Waals surface area contributed by atoms with Crippen molar-refractivity contribution in [1.29, 1.82) is 0 Å². The Morgan fingerprint density at radius 1 is 0.941 bits per heavy atom. The third kappa shape index (κ3) is 2.58. The molecule has 0 atom stereocenters. The number of carbonyl (C=O) groups excluding carboxylic acids is 1. The van der Waals surface area contributed by atoms with E-state index in [1.165, 1.54) is 0 Å². The van der Waals surface area contributed by atoms with Crippen LogP contribution in [-0.4, -0.2) is 12.5 Å². The number of carbonyl (C=O) groups is 1. The molecule has 0 bridgehead atoms. The number of aldehydes is 1. The van der Waals surface area contributed by atoms with E-state index in [-0.39, 0.29) is 0 Å². The third-order valence-corrected chi connectivity index (χ3v) is 2.40. The maximum Gasteiger partial charge on any atom is 0.152 e. The van der Waals surface area contributed by atoms with Crippen LogP contribution in [0.5, 0.6) is 0 Å². The first-order valence-corrected chi connectivity index (χ1v) is 5.24.